The quantitative estimate of drug-likeness (QED) is 0.749. The van der Waals surface area contributed by atoms with Crippen LogP contribution >= 0.6 is 12.4 Å². The summed E-state index contributed by atoms with van der Waals surface area (Å²) in [4.78, 5) is 27.9. The van der Waals surface area contributed by atoms with Crippen molar-refractivity contribution in [3.63, 3.8) is 0 Å². The number of Topliss-reactive ketones (excluding diaryl/α,β-unsaturated/α-hetero) is 1. The van der Waals surface area contributed by atoms with Crippen LogP contribution in [-0.4, -0.2) is 68.6 Å². The van der Waals surface area contributed by atoms with Crippen LogP contribution in [0.25, 0.3) is 0 Å². The van der Waals surface area contributed by atoms with Gasteiger partial charge in [0.05, 0.1) is 6.54 Å². The minimum atomic E-state index is -0.459. The Bertz CT molecular complexity index is 543. The van der Waals surface area contributed by atoms with Gasteiger partial charge < -0.3 is 9.64 Å². The summed E-state index contributed by atoms with van der Waals surface area (Å²) in [7, 11) is 3.71. The van der Waals surface area contributed by atoms with Gasteiger partial charge in [-0.15, -0.1) is 12.4 Å². The third kappa shape index (κ3) is 7.86. The van der Waals surface area contributed by atoms with Crippen LogP contribution in [0.4, 0.5) is 10.5 Å². The van der Waals surface area contributed by atoms with Gasteiger partial charge in [0.2, 0.25) is 0 Å². The van der Waals surface area contributed by atoms with Crippen LogP contribution in [0.15, 0.2) is 24.3 Å². The van der Waals surface area contributed by atoms with Crippen molar-refractivity contribution in [3.05, 3.63) is 29.8 Å². The number of halogens is 1. The lowest BCUT2D eigenvalue weighted by molar-refractivity contribution is 0.0958. The van der Waals surface area contributed by atoms with Gasteiger partial charge >= 0.3 is 6.09 Å². The molecular weight excluding hydrogens is 342 g/mol. The highest BCUT2D eigenvalue weighted by Crippen LogP contribution is 2.11. The fourth-order valence-electron chi connectivity index (χ4n) is 2.72. The van der Waals surface area contributed by atoms with Crippen LogP contribution in [-0.2, 0) is 4.74 Å². The summed E-state index contributed by atoms with van der Waals surface area (Å²) in [5.74, 6) is 0.0515. The molecule has 1 amide bonds. The molecule has 6 nitrogen and oxygen atoms in total. The van der Waals surface area contributed by atoms with E-state index in [-0.39, 0.29) is 18.2 Å². The third-order valence-electron chi connectivity index (χ3n) is 4.00. The molecule has 25 heavy (non-hydrogen) atoms. The van der Waals surface area contributed by atoms with Crippen LogP contribution in [0, 0.1) is 0 Å². The van der Waals surface area contributed by atoms with Crippen LogP contribution in [0.5, 0.6) is 0 Å². The number of benzene rings is 1. The van der Waals surface area contributed by atoms with Gasteiger partial charge in [0.1, 0.15) is 6.61 Å². The zero-order valence-electron chi connectivity index (χ0n) is 15.0. The number of piperidine rings is 1. The van der Waals surface area contributed by atoms with E-state index in [1.54, 1.807) is 24.3 Å². The molecule has 0 aliphatic carbocycles. The van der Waals surface area contributed by atoms with Gasteiger partial charge in [-0.2, -0.15) is 0 Å². The van der Waals surface area contributed by atoms with Crippen LogP contribution in [0.3, 0.4) is 0 Å². The molecular formula is C18H28ClN3O3. The highest BCUT2D eigenvalue weighted by molar-refractivity contribution is 5.98. The molecule has 1 N–H and O–H groups in total. The summed E-state index contributed by atoms with van der Waals surface area (Å²) in [6.45, 7) is 3.72. The molecule has 140 valence electrons. The maximum Gasteiger partial charge on any atom is 0.411 e. The highest BCUT2D eigenvalue weighted by atomic mass is 35.5. The Kier molecular flexibility index (Phi) is 9.49. The van der Waals surface area contributed by atoms with Crippen molar-refractivity contribution in [2.75, 3.05) is 52.2 Å². The zero-order chi connectivity index (χ0) is 17.4. The lowest BCUT2D eigenvalue weighted by Crippen LogP contribution is -2.33. The van der Waals surface area contributed by atoms with Crippen molar-refractivity contribution < 1.29 is 14.3 Å². The minimum absolute atomic E-state index is 0. The van der Waals surface area contributed by atoms with E-state index in [9.17, 15) is 9.59 Å². The number of anilines is 1. The maximum absolute atomic E-state index is 11.9. The topological polar surface area (TPSA) is 61.9 Å². The number of ketones is 1. The van der Waals surface area contributed by atoms with E-state index in [4.69, 9.17) is 4.74 Å². The predicted octanol–water partition coefficient (Wildman–Crippen LogP) is 2.89. The second-order valence-electron chi connectivity index (χ2n) is 6.40. The average molecular weight is 370 g/mol. The van der Waals surface area contributed by atoms with Crippen molar-refractivity contribution in [1.82, 2.24) is 9.80 Å². The van der Waals surface area contributed by atoms with E-state index in [1.165, 1.54) is 19.3 Å². The third-order valence-corrected chi connectivity index (χ3v) is 4.00. The molecule has 0 unspecified atom stereocenters. The summed E-state index contributed by atoms with van der Waals surface area (Å²) in [5.41, 5.74) is 1.26. The maximum atomic E-state index is 11.9. The molecule has 0 saturated carbocycles. The summed E-state index contributed by atoms with van der Waals surface area (Å²) >= 11 is 0. The SMILES string of the molecule is CN(C)CC(=O)c1ccc(NC(=O)OCCN2CCCCC2)cc1.Cl. The molecule has 1 saturated heterocycles. The molecule has 0 aromatic heterocycles. The normalized spacial score (nSPS) is 14.7. The van der Waals surface area contributed by atoms with Gasteiger partial charge in [0.25, 0.3) is 0 Å². The number of carbonyl (C=O) groups excluding carboxylic acids is 2. The molecule has 1 fully saturated rings. The number of amides is 1. The van der Waals surface area contributed by atoms with Crippen LogP contribution in [0.2, 0.25) is 0 Å². The molecule has 1 aromatic carbocycles. The second kappa shape index (κ2) is 11.1. The monoisotopic (exact) mass is 369 g/mol. The summed E-state index contributed by atoms with van der Waals surface area (Å²) < 4.78 is 5.21. The Morgan fingerprint density at radius 3 is 2.36 bits per heavy atom. The van der Waals surface area contributed by atoms with E-state index < -0.39 is 6.09 Å². The van der Waals surface area contributed by atoms with Crippen molar-refractivity contribution in [2.24, 2.45) is 0 Å². The first-order chi connectivity index (χ1) is 11.5. The lowest BCUT2D eigenvalue weighted by atomic mass is 10.1. The summed E-state index contributed by atoms with van der Waals surface area (Å²) in [6.07, 6.45) is 3.29. The molecule has 0 radical (unpaired) electrons. The summed E-state index contributed by atoms with van der Waals surface area (Å²) in [5, 5.41) is 2.69. The molecule has 1 aromatic rings. The van der Waals surface area contributed by atoms with Gasteiger partial charge in [0, 0.05) is 17.8 Å². The van der Waals surface area contributed by atoms with E-state index >= 15 is 0 Å². The highest BCUT2D eigenvalue weighted by Gasteiger charge is 2.11. The van der Waals surface area contributed by atoms with Gasteiger partial charge in [-0.3, -0.25) is 15.0 Å². The number of ether oxygens (including phenoxy) is 1. The van der Waals surface area contributed by atoms with Crippen LogP contribution < -0.4 is 5.32 Å². The average Bonchev–Trinajstić information content (AvgIpc) is 2.56. The molecule has 2 rings (SSSR count). The van der Waals surface area contributed by atoms with Gasteiger partial charge in [0.15, 0.2) is 5.78 Å². The Hall–Kier alpha value is -1.63. The molecule has 0 atom stereocenters. The first kappa shape index (κ1) is 21.4. The zero-order valence-corrected chi connectivity index (χ0v) is 15.8. The fourth-order valence-corrected chi connectivity index (χ4v) is 2.72. The largest absolute Gasteiger partial charge is 0.448 e. The first-order valence-electron chi connectivity index (χ1n) is 8.49. The number of nitrogens with zero attached hydrogens (tertiary/aromatic N) is 2. The van der Waals surface area contributed by atoms with Gasteiger partial charge in [-0.1, -0.05) is 6.42 Å². The number of nitrogens with one attached hydrogen (secondary N) is 1. The van der Waals surface area contributed by atoms with E-state index in [2.05, 4.69) is 10.2 Å². The van der Waals surface area contributed by atoms with Crippen molar-refractivity contribution in [3.8, 4) is 0 Å². The standard InChI is InChI=1S/C18H27N3O3.ClH/c1-20(2)14-17(22)15-6-8-16(9-7-15)19-18(23)24-13-12-21-10-4-3-5-11-21;/h6-9H,3-5,10-14H2,1-2H3,(H,19,23);1H. The second-order valence-corrected chi connectivity index (χ2v) is 6.40. The number of hydrogen-bond donors (Lipinski definition) is 1. The van der Waals surface area contributed by atoms with E-state index in [0.717, 1.165) is 19.6 Å². The first-order valence-corrected chi connectivity index (χ1v) is 8.49. The Morgan fingerprint density at radius 2 is 1.76 bits per heavy atom. The lowest BCUT2D eigenvalue weighted by Gasteiger charge is -2.25. The molecule has 1 aliphatic heterocycles. The number of likely N-dealkylation sites (tertiary alicyclic amines) is 1. The van der Waals surface area contributed by atoms with Crippen molar-refractivity contribution >= 4 is 30.0 Å². The molecule has 1 heterocycles. The smallest absolute Gasteiger partial charge is 0.411 e. The molecule has 0 bridgehead atoms. The Balaban J connectivity index is 0.00000312. The van der Waals surface area contributed by atoms with E-state index in [1.807, 2.05) is 19.0 Å². The molecule has 0 spiro atoms. The van der Waals surface area contributed by atoms with E-state index in [0.29, 0.717) is 24.4 Å². The number of rotatable bonds is 7. The van der Waals surface area contributed by atoms with Crippen LogP contribution in [0.1, 0.15) is 29.6 Å². The van der Waals surface area contributed by atoms with Gasteiger partial charge in [-0.25, -0.2) is 4.79 Å². The minimum Gasteiger partial charge on any atom is -0.448 e. The van der Waals surface area contributed by atoms with Crippen molar-refractivity contribution in [1.29, 1.82) is 0 Å². The number of carbonyl (C=O) groups is 2. The van der Waals surface area contributed by atoms with Gasteiger partial charge in [-0.05, 0) is 64.3 Å². The number of hydrogen-bond acceptors (Lipinski definition) is 5. The molecule has 7 heteroatoms. The predicted molar refractivity (Wildman–Crippen MR) is 102 cm³/mol. The summed E-state index contributed by atoms with van der Waals surface area (Å²) in [6, 6.07) is 6.87. The fraction of sp³-hybridized carbons (Fsp3) is 0.556. The molecule has 1 aliphatic rings. The number of likely N-dealkylation sites (N-methyl/N-ethyl adjacent to an activating group) is 1. The van der Waals surface area contributed by atoms with Crippen molar-refractivity contribution in [2.45, 2.75) is 19.3 Å². The Morgan fingerprint density at radius 1 is 1.12 bits per heavy atom. The Labute approximate surface area is 155 Å².